The highest BCUT2D eigenvalue weighted by molar-refractivity contribution is 9.10. The second-order valence-corrected chi connectivity index (χ2v) is 10.3. The molecule has 0 spiro atoms. The van der Waals surface area contributed by atoms with Gasteiger partial charge in [-0.2, -0.15) is 0 Å². The Balaban J connectivity index is 1.31. The van der Waals surface area contributed by atoms with Crippen LogP contribution in [-0.2, 0) is 6.42 Å². The van der Waals surface area contributed by atoms with Gasteiger partial charge in [-0.25, -0.2) is 4.68 Å². The highest BCUT2D eigenvalue weighted by Gasteiger charge is 2.19. The number of benzene rings is 3. The second kappa shape index (κ2) is 9.71. The van der Waals surface area contributed by atoms with Crippen molar-refractivity contribution in [3.63, 3.8) is 0 Å². The summed E-state index contributed by atoms with van der Waals surface area (Å²) in [6.45, 7) is 3.98. The summed E-state index contributed by atoms with van der Waals surface area (Å²) in [5, 5.41) is 11.4. The van der Waals surface area contributed by atoms with Crippen LogP contribution in [-0.4, -0.2) is 31.0 Å². The molecule has 0 atom stereocenters. The normalized spacial score (nSPS) is 11.3. The lowest BCUT2D eigenvalue weighted by atomic mass is 10.0. The van der Waals surface area contributed by atoms with Gasteiger partial charge >= 0.3 is 0 Å². The molecular weight excluding hydrogens is 522 g/mol. The third-order valence-electron chi connectivity index (χ3n) is 6.11. The Labute approximate surface area is 216 Å². The van der Waals surface area contributed by atoms with E-state index in [1.54, 1.807) is 0 Å². The van der Waals surface area contributed by atoms with Gasteiger partial charge in [0.2, 0.25) is 5.16 Å². The molecule has 0 unspecified atom stereocenters. The zero-order valence-electron chi connectivity index (χ0n) is 19.4. The summed E-state index contributed by atoms with van der Waals surface area (Å²) in [4.78, 5) is 13.1. The minimum Gasteiger partial charge on any atom is -0.336 e. The predicted octanol–water partition coefficient (Wildman–Crippen LogP) is 5.88. The van der Waals surface area contributed by atoms with E-state index in [9.17, 15) is 4.79 Å². The minimum atomic E-state index is 0.0325. The Bertz CT molecular complexity index is 1530. The number of hydrogen-bond acceptors (Lipinski definition) is 5. The zero-order chi connectivity index (χ0) is 24.5. The number of hydrogen-bond donors (Lipinski definition) is 1. The van der Waals surface area contributed by atoms with Crippen molar-refractivity contribution in [2.75, 3.05) is 11.6 Å². The van der Waals surface area contributed by atoms with Crippen molar-refractivity contribution in [2.24, 2.45) is 0 Å². The van der Waals surface area contributed by atoms with E-state index >= 15 is 0 Å². The van der Waals surface area contributed by atoms with E-state index < -0.39 is 0 Å². The summed E-state index contributed by atoms with van der Waals surface area (Å²) in [6.07, 6.45) is 0.563. The third kappa shape index (κ3) is 4.63. The molecule has 2 aromatic heterocycles. The number of rotatable bonds is 7. The van der Waals surface area contributed by atoms with Crippen LogP contribution >= 0.6 is 27.7 Å². The van der Waals surface area contributed by atoms with E-state index in [-0.39, 0.29) is 11.5 Å². The van der Waals surface area contributed by atoms with Gasteiger partial charge in [0.25, 0.3) is 0 Å². The van der Waals surface area contributed by atoms with Gasteiger partial charge in [0, 0.05) is 33.5 Å². The number of Topliss-reactive ketones (excluding diaryl/α,β-unsaturated/α-hetero) is 1. The van der Waals surface area contributed by atoms with Crippen molar-refractivity contribution in [1.82, 2.24) is 19.4 Å². The van der Waals surface area contributed by atoms with E-state index in [4.69, 9.17) is 5.84 Å². The average Bonchev–Trinajstić information content (AvgIpc) is 3.36. The number of halogens is 1. The molecule has 0 aliphatic carbocycles. The van der Waals surface area contributed by atoms with Gasteiger partial charge in [-0.3, -0.25) is 4.79 Å². The Kier molecular flexibility index (Phi) is 6.49. The van der Waals surface area contributed by atoms with Crippen LogP contribution in [0.4, 0.5) is 0 Å². The first-order valence-corrected chi connectivity index (χ1v) is 13.0. The van der Waals surface area contributed by atoms with E-state index in [0.29, 0.717) is 23.0 Å². The fraction of sp³-hybridized carbons (Fsp3) is 0.148. The van der Waals surface area contributed by atoms with Crippen molar-refractivity contribution in [3.05, 3.63) is 106 Å². The number of nitrogens with two attached hydrogens (primary N) is 1. The highest BCUT2D eigenvalue weighted by Crippen LogP contribution is 2.26. The van der Waals surface area contributed by atoms with Crippen LogP contribution in [0, 0.1) is 13.8 Å². The number of carbonyl (C=O) groups is 1. The first-order chi connectivity index (χ1) is 16.9. The second-order valence-electron chi connectivity index (χ2n) is 8.39. The molecule has 0 bridgehead atoms. The first kappa shape index (κ1) is 23.4. The molecule has 0 radical (unpaired) electrons. The van der Waals surface area contributed by atoms with Gasteiger partial charge in [-0.05, 0) is 60.5 Å². The van der Waals surface area contributed by atoms with Crippen molar-refractivity contribution >= 4 is 44.2 Å². The summed E-state index contributed by atoms with van der Waals surface area (Å²) in [5.74, 6) is 7.24. The molecule has 2 N–H and O–H groups in total. The number of nitrogens with zero attached hydrogens (tertiary/aromatic N) is 4. The van der Waals surface area contributed by atoms with Gasteiger partial charge in [-0.1, -0.05) is 70.2 Å². The van der Waals surface area contributed by atoms with Crippen LogP contribution in [0.3, 0.4) is 0 Å². The number of ketones is 1. The Morgan fingerprint density at radius 2 is 1.74 bits per heavy atom. The summed E-state index contributed by atoms with van der Waals surface area (Å²) in [5.41, 5.74) is 4.79. The molecule has 0 aliphatic heterocycles. The van der Waals surface area contributed by atoms with E-state index in [2.05, 4.69) is 55.0 Å². The highest BCUT2D eigenvalue weighted by atomic mass is 79.9. The minimum absolute atomic E-state index is 0.0325. The molecule has 0 saturated heterocycles. The summed E-state index contributed by atoms with van der Waals surface area (Å²) >= 11 is 4.78. The van der Waals surface area contributed by atoms with E-state index in [1.165, 1.54) is 27.2 Å². The molecule has 0 amide bonds. The number of carbonyl (C=O) groups excluding carboxylic acids is 1. The lowest BCUT2D eigenvalue weighted by Gasteiger charge is -2.10. The van der Waals surface area contributed by atoms with Gasteiger partial charge in [0.15, 0.2) is 11.6 Å². The molecule has 0 fully saturated rings. The summed E-state index contributed by atoms with van der Waals surface area (Å²) in [6, 6.07) is 24.4. The van der Waals surface area contributed by atoms with Gasteiger partial charge in [0.05, 0.1) is 5.75 Å². The molecule has 8 heteroatoms. The van der Waals surface area contributed by atoms with Gasteiger partial charge in [-0.15, -0.1) is 10.2 Å². The fourth-order valence-electron chi connectivity index (χ4n) is 4.38. The lowest BCUT2D eigenvalue weighted by Crippen LogP contribution is -2.15. The van der Waals surface area contributed by atoms with Crippen molar-refractivity contribution in [1.29, 1.82) is 0 Å². The number of fused-ring (bicyclic) bond motifs is 1. The van der Waals surface area contributed by atoms with Crippen LogP contribution < -0.4 is 5.84 Å². The number of aryl methyl sites for hydroxylation is 1. The first-order valence-electron chi connectivity index (χ1n) is 11.2. The van der Waals surface area contributed by atoms with Crippen LogP contribution in [0.25, 0.3) is 16.5 Å². The number of aromatic nitrogens is 4. The van der Waals surface area contributed by atoms with E-state index in [1.807, 2.05) is 62.4 Å². The van der Waals surface area contributed by atoms with Crippen LogP contribution in [0.5, 0.6) is 0 Å². The molecule has 35 heavy (non-hydrogen) atoms. The maximum atomic E-state index is 13.1. The van der Waals surface area contributed by atoms with Crippen LogP contribution in [0.15, 0.2) is 82.4 Å². The Hall–Kier alpha value is -3.36. The van der Waals surface area contributed by atoms with Gasteiger partial charge < -0.3 is 10.4 Å². The zero-order valence-corrected chi connectivity index (χ0v) is 21.8. The molecule has 176 valence electrons. The average molecular weight is 546 g/mol. The van der Waals surface area contributed by atoms with E-state index in [0.717, 1.165) is 27.1 Å². The molecule has 0 saturated carbocycles. The smallest absolute Gasteiger partial charge is 0.210 e. The van der Waals surface area contributed by atoms with Crippen molar-refractivity contribution in [3.8, 4) is 5.69 Å². The maximum Gasteiger partial charge on any atom is 0.210 e. The number of thioether (sulfide) groups is 1. The maximum absolute atomic E-state index is 13.1. The third-order valence-corrected chi connectivity index (χ3v) is 7.58. The van der Waals surface area contributed by atoms with Crippen LogP contribution in [0.1, 0.15) is 33.1 Å². The molecule has 0 aliphatic rings. The quantitative estimate of drug-likeness (QED) is 0.157. The van der Waals surface area contributed by atoms with Gasteiger partial charge in [0.1, 0.15) is 0 Å². The monoisotopic (exact) mass is 545 g/mol. The topological polar surface area (TPSA) is 78.7 Å². The molecular formula is C27H24BrN5OS. The Morgan fingerprint density at radius 3 is 2.54 bits per heavy atom. The molecule has 2 heterocycles. The Morgan fingerprint density at radius 1 is 1.00 bits per heavy atom. The van der Waals surface area contributed by atoms with Crippen LogP contribution in [0.2, 0.25) is 0 Å². The van der Waals surface area contributed by atoms with Crippen molar-refractivity contribution in [2.45, 2.75) is 25.4 Å². The lowest BCUT2D eigenvalue weighted by molar-refractivity contribution is 0.102. The fourth-order valence-corrected chi connectivity index (χ4v) is 5.41. The standard InChI is InChI=1S/C27H24BrN5OS/c1-17-14-24(18(2)32(17)22-12-10-21(28)11-13-22)25(34)16-35-27-31-30-26(33(27)29)15-20-8-5-7-19-6-3-4-9-23(19)20/h3-14H,15-16,29H2,1-2H3. The molecule has 3 aromatic carbocycles. The predicted molar refractivity (Wildman–Crippen MR) is 145 cm³/mol. The number of nitrogen functional groups attached to an aromatic ring is 1. The largest absolute Gasteiger partial charge is 0.336 e. The summed E-state index contributed by atoms with van der Waals surface area (Å²) < 4.78 is 4.60. The molecule has 6 nitrogen and oxygen atoms in total. The molecule has 5 rings (SSSR count). The molecule has 5 aromatic rings. The van der Waals surface area contributed by atoms with Crippen molar-refractivity contribution < 1.29 is 4.79 Å². The summed E-state index contributed by atoms with van der Waals surface area (Å²) in [7, 11) is 0. The SMILES string of the molecule is Cc1cc(C(=O)CSc2nnc(Cc3cccc4ccccc34)n2N)c(C)n1-c1ccc(Br)cc1.